The maximum atomic E-state index is 5.55. The molecule has 1 aliphatic heterocycles. The Labute approximate surface area is 96.4 Å². The average molecular weight is 224 g/mol. The summed E-state index contributed by atoms with van der Waals surface area (Å²) in [5.41, 5.74) is 0. The minimum absolute atomic E-state index is 0.461. The summed E-state index contributed by atoms with van der Waals surface area (Å²) in [6, 6.07) is 0. The highest BCUT2D eigenvalue weighted by Crippen LogP contribution is 2.14. The first-order chi connectivity index (χ1) is 7.88. The van der Waals surface area contributed by atoms with Crippen LogP contribution in [0.25, 0.3) is 0 Å². The van der Waals surface area contributed by atoms with Crippen molar-refractivity contribution in [2.24, 2.45) is 0 Å². The molecule has 0 spiro atoms. The normalized spacial score (nSPS) is 20.4. The Kier molecular flexibility index (Phi) is 4.36. The van der Waals surface area contributed by atoms with Gasteiger partial charge in [0.1, 0.15) is 5.76 Å². The third kappa shape index (κ3) is 3.32. The van der Waals surface area contributed by atoms with Gasteiger partial charge in [0.2, 0.25) is 5.89 Å². The number of nitrogens with zero attached hydrogens (tertiary/aromatic N) is 1. The van der Waals surface area contributed by atoms with Crippen LogP contribution in [0.3, 0.4) is 0 Å². The van der Waals surface area contributed by atoms with Gasteiger partial charge in [-0.2, -0.15) is 0 Å². The summed E-state index contributed by atoms with van der Waals surface area (Å²) < 4.78 is 11.0. The third-order valence-corrected chi connectivity index (χ3v) is 2.89. The number of hydrogen-bond acceptors (Lipinski definition) is 4. The van der Waals surface area contributed by atoms with Crippen LogP contribution < -0.4 is 5.32 Å². The van der Waals surface area contributed by atoms with Crippen LogP contribution in [0.15, 0.2) is 10.6 Å². The van der Waals surface area contributed by atoms with Crippen LogP contribution >= 0.6 is 0 Å². The molecule has 90 valence electrons. The van der Waals surface area contributed by atoms with Crippen LogP contribution in [0.5, 0.6) is 0 Å². The molecule has 4 nitrogen and oxygen atoms in total. The molecule has 1 unspecified atom stereocenters. The summed E-state index contributed by atoms with van der Waals surface area (Å²) >= 11 is 0. The van der Waals surface area contributed by atoms with Gasteiger partial charge >= 0.3 is 0 Å². The quantitative estimate of drug-likeness (QED) is 0.750. The Morgan fingerprint density at radius 1 is 1.56 bits per heavy atom. The van der Waals surface area contributed by atoms with Gasteiger partial charge in [0.15, 0.2) is 0 Å². The number of rotatable bonds is 6. The zero-order valence-corrected chi connectivity index (χ0v) is 9.87. The molecule has 1 aliphatic rings. The third-order valence-electron chi connectivity index (χ3n) is 2.89. The van der Waals surface area contributed by atoms with Crippen LogP contribution in [0.1, 0.15) is 37.8 Å². The summed E-state index contributed by atoms with van der Waals surface area (Å²) in [6.07, 6.45) is 6.68. The fraction of sp³-hybridized carbons (Fsp3) is 0.750. The van der Waals surface area contributed by atoms with E-state index in [4.69, 9.17) is 9.15 Å². The van der Waals surface area contributed by atoms with Crippen LogP contribution in [0.4, 0.5) is 0 Å². The number of hydrogen-bond donors (Lipinski definition) is 1. The fourth-order valence-corrected chi connectivity index (χ4v) is 1.92. The van der Waals surface area contributed by atoms with Gasteiger partial charge in [0.25, 0.3) is 0 Å². The minimum atomic E-state index is 0.461. The first kappa shape index (κ1) is 11.6. The largest absolute Gasteiger partial charge is 0.444 e. The molecule has 0 amide bonds. The van der Waals surface area contributed by atoms with Crippen molar-refractivity contribution in [3.63, 3.8) is 0 Å². The van der Waals surface area contributed by atoms with E-state index in [9.17, 15) is 0 Å². The first-order valence-electron chi connectivity index (χ1n) is 6.14. The van der Waals surface area contributed by atoms with Crippen molar-refractivity contribution in [1.82, 2.24) is 10.3 Å². The average Bonchev–Trinajstić information content (AvgIpc) is 2.95. The van der Waals surface area contributed by atoms with E-state index in [0.717, 1.165) is 37.6 Å². The highest BCUT2D eigenvalue weighted by Gasteiger charge is 2.14. The lowest BCUT2D eigenvalue weighted by atomic mass is 10.2. The molecule has 2 rings (SSSR count). The van der Waals surface area contributed by atoms with Crippen molar-refractivity contribution in [2.45, 2.75) is 45.3 Å². The van der Waals surface area contributed by atoms with Gasteiger partial charge in [-0.05, 0) is 25.8 Å². The zero-order chi connectivity index (χ0) is 11.2. The predicted molar refractivity (Wildman–Crippen MR) is 61.2 cm³/mol. The molecule has 0 saturated carbocycles. The lowest BCUT2D eigenvalue weighted by Crippen LogP contribution is -2.19. The Balaban J connectivity index is 1.60. The number of nitrogens with one attached hydrogen (secondary N) is 1. The molecule has 0 aromatic carbocycles. The van der Waals surface area contributed by atoms with E-state index in [-0.39, 0.29) is 0 Å². The number of oxazole rings is 1. The van der Waals surface area contributed by atoms with Gasteiger partial charge in [-0.25, -0.2) is 4.98 Å². The van der Waals surface area contributed by atoms with Gasteiger partial charge in [0.05, 0.1) is 18.8 Å². The second kappa shape index (κ2) is 6.01. The molecule has 2 heterocycles. The van der Waals surface area contributed by atoms with Crippen LogP contribution in [-0.4, -0.2) is 24.2 Å². The maximum Gasteiger partial charge on any atom is 0.208 e. The van der Waals surface area contributed by atoms with Gasteiger partial charge < -0.3 is 14.5 Å². The SMILES string of the molecule is CCc1cnc(CNCCC2CCCO2)o1. The van der Waals surface area contributed by atoms with E-state index in [1.165, 1.54) is 12.8 Å². The van der Waals surface area contributed by atoms with E-state index in [1.807, 2.05) is 0 Å². The highest BCUT2D eigenvalue weighted by atomic mass is 16.5. The molecule has 1 saturated heterocycles. The van der Waals surface area contributed by atoms with Gasteiger partial charge in [-0.3, -0.25) is 0 Å². The molecule has 0 radical (unpaired) electrons. The molecular weight excluding hydrogens is 204 g/mol. The van der Waals surface area contributed by atoms with Gasteiger partial charge in [-0.15, -0.1) is 0 Å². The van der Waals surface area contributed by atoms with E-state index < -0.39 is 0 Å². The Bertz CT molecular complexity index is 306. The van der Waals surface area contributed by atoms with Crippen LogP contribution in [0, 0.1) is 0 Å². The Morgan fingerprint density at radius 2 is 2.50 bits per heavy atom. The van der Waals surface area contributed by atoms with Crippen LogP contribution in [0.2, 0.25) is 0 Å². The van der Waals surface area contributed by atoms with Gasteiger partial charge in [0, 0.05) is 13.0 Å². The molecule has 0 aliphatic carbocycles. The highest BCUT2D eigenvalue weighted by molar-refractivity contribution is 4.93. The molecular formula is C12H20N2O2. The number of ether oxygens (including phenoxy) is 1. The number of aromatic nitrogens is 1. The molecule has 4 heteroatoms. The molecule has 0 bridgehead atoms. The fourth-order valence-electron chi connectivity index (χ4n) is 1.92. The molecule has 1 atom stereocenters. The van der Waals surface area contributed by atoms with E-state index in [2.05, 4.69) is 17.2 Å². The standard InChI is InChI=1S/C12H20N2O2/c1-2-10-8-14-12(16-10)9-13-6-5-11-4-3-7-15-11/h8,11,13H,2-7,9H2,1H3. The second-order valence-corrected chi connectivity index (χ2v) is 4.17. The van der Waals surface area contributed by atoms with Crippen molar-refractivity contribution < 1.29 is 9.15 Å². The van der Waals surface area contributed by atoms with E-state index in [0.29, 0.717) is 12.6 Å². The second-order valence-electron chi connectivity index (χ2n) is 4.17. The monoisotopic (exact) mass is 224 g/mol. The van der Waals surface area contributed by atoms with Crippen molar-refractivity contribution in [3.8, 4) is 0 Å². The van der Waals surface area contributed by atoms with Gasteiger partial charge in [-0.1, -0.05) is 6.92 Å². The van der Waals surface area contributed by atoms with Crippen molar-refractivity contribution in [3.05, 3.63) is 17.8 Å². The Hall–Kier alpha value is -0.870. The molecule has 1 fully saturated rings. The van der Waals surface area contributed by atoms with Crippen molar-refractivity contribution >= 4 is 0 Å². The molecule has 16 heavy (non-hydrogen) atoms. The minimum Gasteiger partial charge on any atom is -0.444 e. The summed E-state index contributed by atoms with van der Waals surface area (Å²) in [7, 11) is 0. The predicted octanol–water partition coefficient (Wildman–Crippen LogP) is 1.90. The molecule has 1 N–H and O–H groups in total. The van der Waals surface area contributed by atoms with E-state index in [1.54, 1.807) is 6.20 Å². The topological polar surface area (TPSA) is 47.3 Å². The summed E-state index contributed by atoms with van der Waals surface area (Å²) in [5.74, 6) is 1.74. The molecule has 1 aromatic heterocycles. The van der Waals surface area contributed by atoms with E-state index >= 15 is 0 Å². The van der Waals surface area contributed by atoms with Crippen molar-refractivity contribution in [1.29, 1.82) is 0 Å². The number of aryl methyl sites for hydroxylation is 1. The molecule has 1 aromatic rings. The first-order valence-corrected chi connectivity index (χ1v) is 6.14. The summed E-state index contributed by atoms with van der Waals surface area (Å²) in [6.45, 7) is 4.68. The summed E-state index contributed by atoms with van der Waals surface area (Å²) in [5, 5.41) is 3.33. The lowest BCUT2D eigenvalue weighted by molar-refractivity contribution is 0.104. The van der Waals surface area contributed by atoms with Crippen LogP contribution in [-0.2, 0) is 17.7 Å². The zero-order valence-electron chi connectivity index (χ0n) is 9.87. The van der Waals surface area contributed by atoms with Crippen molar-refractivity contribution in [2.75, 3.05) is 13.2 Å². The maximum absolute atomic E-state index is 5.55. The smallest absolute Gasteiger partial charge is 0.208 e. The summed E-state index contributed by atoms with van der Waals surface area (Å²) in [4.78, 5) is 4.20. The Morgan fingerprint density at radius 3 is 3.19 bits per heavy atom. The lowest BCUT2D eigenvalue weighted by Gasteiger charge is -2.08.